The van der Waals surface area contributed by atoms with Gasteiger partial charge in [-0.1, -0.05) is 0 Å². The second kappa shape index (κ2) is 4.49. The molecule has 0 spiro atoms. The van der Waals surface area contributed by atoms with Crippen molar-refractivity contribution >= 4 is 16.9 Å². The number of benzene rings is 1. The number of aromatic nitrogens is 3. The van der Waals surface area contributed by atoms with E-state index < -0.39 is 5.82 Å². The molecule has 2 aromatic heterocycles. The van der Waals surface area contributed by atoms with Crippen molar-refractivity contribution < 1.29 is 9.13 Å². The van der Waals surface area contributed by atoms with Crippen LogP contribution in [0.25, 0.3) is 11.2 Å². The van der Waals surface area contributed by atoms with Crippen LogP contribution in [-0.2, 0) is 0 Å². The summed E-state index contributed by atoms with van der Waals surface area (Å²) in [5, 5.41) is 0. The van der Waals surface area contributed by atoms with E-state index >= 15 is 0 Å². The number of nitrogen functional groups attached to an aromatic ring is 1. The number of ether oxygens (including phenoxy) is 1. The predicted molar refractivity (Wildman–Crippen MR) is 68.2 cm³/mol. The summed E-state index contributed by atoms with van der Waals surface area (Å²) < 4.78 is 18.6. The maximum Gasteiger partial charge on any atom is 0.221 e. The average molecular weight is 256 g/mol. The molecule has 2 heterocycles. The van der Waals surface area contributed by atoms with Crippen LogP contribution in [0.4, 0.5) is 10.1 Å². The van der Waals surface area contributed by atoms with Gasteiger partial charge in [0.05, 0.1) is 5.69 Å². The molecule has 0 unspecified atom stereocenters. The van der Waals surface area contributed by atoms with Crippen LogP contribution in [0.15, 0.2) is 42.7 Å². The molecule has 0 aliphatic heterocycles. The third kappa shape index (κ3) is 2.28. The maximum absolute atomic E-state index is 13.1. The van der Waals surface area contributed by atoms with Gasteiger partial charge in [-0.05, 0) is 18.2 Å². The van der Waals surface area contributed by atoms with E-state index in [0.29, 0.717) is 16.9 Å². The first kappa shape index (κ1) is 11.3. The van der Waals surface area contributed by atoms with E-state index in [1.165, 1.54) is 24.4 Å². The first-order chi connectivity index (χ1) is 9.22. The van der Waals surface area contributed by atoms with Crippen LogP contribution in [0.3, 0.4) is 0 Å². The molecule has 0 amide bonds. The quantitative estimate of drug-likeness (QED) is 0.713. The van der Waals surface area contributed by atoms with E-state index in [4.69, 9.17) is 10.5 Å². The zero-order valence-corrected chi connectivity index (χ0v) is 9.75. The zero-order chi connectivity index (χ0) is 13.2. The molecule has 0 aliphatic rings. The van der Waals surface area contributed by atoms with E-state index in [1.54, 1.807) is 18.3 Å². The third-order valence-corrected chi connectivity index (χ3v) is 2.50. The molecule has 5 nitrogen and oxygen atoms in total. The van der Waals surface area contributed by atoms with Gasteiger partial charge in [0.2, 0.25) is 5.88 Å². The Hall–Kier alpha value is -2.76. The van der Waals surface area contributed by atoms with Crippen molar-refractivity contribution in [2.75, 3.05) is 5.73 Å². The summed E-state index contributed by atoms with van der Waals surface area (Å²) in [6.07, 6.45) is 3.12. The van der Waals surface area contributed by atoms with E-state index in [1.807, 2.05) is 0 Å². The SMILES string of the molecule is Nc1ccc(F)cc1Oc1ccc2nccnc2n1. The number of hydrogen-bond donors (Lipinski definition) is 1. The highest BCUT2D eigenvalue weighted by Crippen LogP contribution is 2.27. The molecule has 0 saturated heterocycles. The Morgan fingerprint density at radius 3 is 2.79 bits per heavy atom. The zero-order valence-electron chi connectivity index (χ0n) is 9.75. The molecule has 1 aromatic carbocycles. The Kier molecular flexibility index (Phi) is 2.68. The minimum Gasteiger partial charge on any atom is -0.437 e. The lowest BCUT2D eigenvalue weighted by molar-refractivity contribution is 0.462. The number of hydrogen-bond acceptors (Lipinski definition) is 5. The normalized spacial score (nSPS) is 10.6. The summed E-state index contributed by atoms with van der Waals surface area (Å²) >= 11 is 0. The van der Waals surface area contributed by atoms with Gasteiger partial charge >= 0.3 is 0 Å². The lowest BCUT2D eigenvalue weighted by Gasteiger charge is -2.07. The fourth-order valence-electron chi connectivity index (χ4n) is 1.60. The molecular weight excluding hydrogens is 247 g/mol. The number of nitrogens with two attached hydrogens (primary N) is 1. The van der Waals surface area contributed by atoms with Crippen molar-refractivity contribution in [1.29, 1.82) is 0 Å². The van der Waals surface area contributed by atoms with Gasteiger partial charge in [0.15, 0.2) is 11.4 Å². The Labute approximate surface area is 107 Å². The van der Waals surface area contributed by atoms with Gasteiger partial charge in [-0.25, -0.2) is 9.37 Å². The Balaban J connectivity index is 1.98. The van der Waals surface area contributed by atoms with Crippen molar-refractivity contribution in [1.82, 2.24) is 15.0 Å². The van der Waals surface area contributed by atoms with Crippen LogP contribution in [-0.4, -0.2) is 15.0 Å². The molecule has 6 heteroatoms. The van der Waals surface area contributed by atoms with Crippen LogP contribution in [0.1, 0.15) is 0 Å². The molecule has 3 aromatic rings. The number of anilines is 1. The number of nitrogens with zero attached hydrogens (tertiary/aromatic N) is 3. The molecule has 2 N–H and O–H groups in total. The van der Waals surface area contributed by atoms with E-state index in [-0.39, 0.29) is 11.6 Å². The summed E-state index contributed by atoms with van der Waals surface area (Å²) in [5.74, 6) is 0.0748. The fraction of sp³-hybridized carbons (Fsp3) is 0. The summed E-state index contributed by atoms with van der Waals surface area (Å²) in [5.41, 5.74) is 7.15. The first-order valence-corrected chi connectivity index (χ1v) is 5.53. The predicted octanol–water partition coefficient (Wildman–Crippen LogP) is 2.54. The average Bonchev–Trinajstić information content (AvgIpc) is 2.43. The summed E-state index contributed by atoms with van der Waals surface area (Å²) in [6.45, 7) is 0. The van der Waals surface area contributed by atoms with Crippen molar-refractivity contribution in [2.45, 2.75) is 0 Å². The molecule has 3 rings (SSSR count). The van der Waals surface area contributed by atoms with Gasteiger partial charge in [0.25, 0.3) is 0 Å². The van der Waals surface area contributed by atoms with E-state index in [2.05, 4.69) is 15.0 Å². The van der Waals surface area contributed by atoms with Gasteiger partial charge in [-0.2, -0.15) is 4.98 Å². The molecule has 0 bridgehead atoms. The van der Waals surface area contributed by atoms with E-state index in [9.17, 15) is 4.39 Å². The van der Waals surface area contributed by atoms with Crippen molar-refractivity contribution in [2.24, 2.45) is 0 Å². The molecule has 0 radical (unpaired) electrons. The monoisotopic (exact) mass is 256 g/mol. The summed E-state index contributed by atoms with van der Waals surface area (Å²) in [6, 6.07) is 7.26. The largest absolute Gasteiger partial charge is 0.437 e. The molecule has 19 heavy (non-hydrogen) atoms. The fourth-order valence-corrected chi connectivity index (χ4v) is 1.60. The molecule has 0 atom stereocenters. The Bertz CT molecular complexity index is 748. The Morgan fingerprint density at radius 1 is 1.05 bits per heavy atom. The van der Waals surface area contributed by atoms with E-state index in [0.717, 1.165) is 0 Å². The molecule has 0 fully saturated rings. The minimum absolute atomic E-state index is 0.218. The topological polar surface area (TPSA) is 73.9 Å². The second-order valence-corrected chi connectivity index (χ2v) is 3.83. The van der Waals surface area contributed by atoms with Gasteiger partial charge < -0.3 is 10.5 Å². The second-order valence-electron chi connectivity index (χ2n) is 3.83. The lowest BCUT2D eigenvalue weighted by atomic mass is 10.3. The minimum atomic E-state index is -0.426. The number of fused-ring (bicyclic) bond motifs is 1. The van der Waals surface area contributed by atoms with Crippen molar-refractivity contribution in [3.8, 4) is 11.6 Å². The van der Waals surface area contributed by atoms with Gasteiger partial charge in [-0.15, -0.1) is 0 Å². The summed E-state index contributed by atoms with van der Waals surface area (Å²) in [4.78, 5) is 12.3. The molecule has 0 aliphatic carbocycles. The number of pyridine rings is 1. The highest BCUT2D eigenvalue weighted by atomic mass is 19.1. The summed E-state index contributed by atoms with van der Waals surface area (Å²) in [7, 11) is 0. The maximum atomic E-state index is 13.1. The van der Waals surface area contributed by atoms with Crippen LogP contribution < -0.4 is 10.5 Å². The third-order valence-electron chi connectivity index (χ3n) is 2.50. The molecule has 94 valence electrons. The highest BCUT2D eigenvalue weighted by Gasteiger charge is 2.06. The highest BCUT2D eigenvalue weighted by molar-refractivity contribution is 5.69. The van der Waals surface area contributed by atoms with Crippen LogP contribution in [0.2, 0.25) is 0 Å². The Morgan fingerprint density at radius 2 is 1.89 bits per heavy atom. The smallest absolute Gasteiger partial charge is 0.221 e. The standard InChI is InChI=1S/C13H9FN4O/c14-8-1-2-9(15)11(7-8)19-12-4-3-10-13(18-12)17-6-5-16-10/h1-7H,15H2. The number of halogens is 1. The molecular formula is C13H9FN4O. The van der Waals surface area contributed by atoms with Gasteiger partial charge in [0.1, 0.15) is 11.3 Å². The lowest BCUT2D eigenvalue weighted by Crippen LogP contribution is -1.95. The first-order valence-electron chi connectivity index (χ1n) is 5.53. The van der Waals surface area contributed by atoms with Gasteiger partial charge in [-0.3, -0.25) is 4.98 Å². The van der Waals surface area contributed by atoms with Crippen molar-refractivity contribution in [3.63, 3.8) is 0 Å². The molecule has 0 saturated carbocycles. The van der Waals surface area contributed by atoms with Crippen LogP contribution in [0, 0.1) is 5.82 Å². The number of rotatable bonds is 2. The van der Waals surface area contributed by atoms with Crippen LogP contribution >= 0.6 is 0 Å². The van der Waals surface area contributed by atoms with Gasteiger partial charge in [0, 0.05) is 24.5 Å². The van der Waals surface area contributed by atoms with Crippen LogP contribution in [0.5, 0.6) is 11.6 Å². The van der Waals surface area contributed by atoms with Crippen molar-refractivity contribution in [3.05, 3.63) is 48.5 Å².